The van der Waals surface area contributed by atoms with E-state index >= 15 is 0 Å². The molecule has 1 aromatic carbocycles. The maximum Gasteiger partial charge on any atom is 0.240 e. The summed E-state index contributed by atoms with van der Waals surface area (Å²) in [5.74, 6) is 0.767. The van der Waals surface area contributed by atoms with E-state index in [0.717, 1.165) is 37.5 Å². The minimum absolute atomic E-state index is 0.347. The molecule has 1 aliphatic heterocycles. The molecular formula is C16H26N2O2S. The number of nitrogens with one attached hydrogen (secondary N) is 1. The van der Waals surface area contributed by atoms with Gasteiger partial charge in [0.2, 0.25) is 10.0 Å². The van der Waals surface area contributed by atoms with Crippen molar-refractivity contribution in [1.29, 1.82) is 0 Å². The van der Waals surface area contributed by atoms with Gasteiger partial charge in [0.1, 0.15) is 0 Å². The maximum atomic E-state index is 12.1. The predicted molar refractivity (Wildman–Crippen MR) is 85.8 cm³/mol. The van der Waals surface area contributed by atoms with Gasteiger partial charge in [-0.1, -0.05) is 24.6 Å². The average Bonchev–Trinajstić information content (AvgIpc) is 2.44. The van der Waals surface area contributed by atoms with Crippen LogP contribution in [-0.2, 0) is 10.0 Å². The molecule has 0 aliphatic carbocycles. The van der Waals surface area contributed by atoms with Gasteiger partial charge in [0, 0.05) is 13.1 Å². The summed E-state index contributed by atoms with van der Waals surface area (Å²) in [6.07, 6.45) is 3.44. The van der Waals surface area contributed by atoms with Gasteiger partial charge in [-0.25, -0.2) is 13.1 Å². The highest BCUT2D eigenvalue weighted by Gasteiger charge is 2.16. The molecule has 0 amide bonds. The Morgan fingerprint density at radius 1 is 1.29 bits per heavy atom. The van der Waals surface area contributed by atoms with Crippen LogP contribution in [0.25, 0.3) is 0 Å². The van der Waals surface area contributed by atoms with Crippen LogP contribution in [0.4, 0.5) is 0 Å². The average molecular weight is 310 g/mol. The van der Waals surface area contributed by atoms with Crippen molar-refractivity contribution in [3.05, 3.63) is 29.8 Å². The summed E-state index contributed by atoms with van der Waals surface area (Å²) in [5, 5.41) is 0. The zero-order chi connectivity index (χ0) is 15.3. The van der Waals surface area contributed by atoms with Gasteiger partial charge in [0.15, 0.2) is 0 Å². The molecule has 1 aromatic rings. The van der Waals surface area contributed by atoms with Crippen LogP contribution < -0.4 is 4.72 Å². The molecule has 21 heavy (non-hydrogen) atoms. The Morgan fingerprint density at radius 2 is 2.00 bits per heavy atom. The number of aryl methyl sites for hydroxylation is 1. The van der Waals surface area contributed by atoms with Gasteiger partial charge in [0.05, 0.1) is 4.90 Å². The number of likely N-dealkylation sites (tertiary alicyclic amines) is 1. The summed E-state index contributed by atoms with van der Waals surface area (Å²) in [4.78, 5) is 2.79. The van der Waals surface area contributed by atoms with E-state index in [-0.39, 0.29) is 0 Å². The molecule has 4 nitrogen and oxygen atoms in total. The van der Waals surface area contributed by atoms with Crippen LogP contribution >= 0.6 is 0 Å². The zero-order valence-electron chi connectivity index (χ0n) is 13.0. The van der Waals surface area contributed by atoms with Crippen molar-refractivity contribution in [1.82, 2.24) is 9.62 Å². The first kappa shape index (κ1) is 16.5. The second kappa shape index (κ2) is 7.38. The third-order valence-electron chi connectivity index (χ3n) is 4.02. The number of benzene rings is 1. The smallest absolute Gasteiger partial charge is 0.240 e. The third kappa shape index (κ3) is 5.09. The topological polar surface area (TPSA) is 49.4 Å². The summed E-state index contributed by atoms with van der Waals surface area (Å²) in [6.45, 7) is 8.00. The summed E-state index contributed by atoms with van der Waals surface area (Å²) in [6, 6.07) is 6.96. The van der Waals surface area contributed by atoms with Gasteiger partial charge in [-0.3, -0.25) is 0 Å². The van der Waals surface area contributed by atoms with Gasteiger partial charge in [-0.15, -0.1) is 0 Å². The monoisotopic (exact) mass is 310 g/mol. The largest absolute Gasteiger partial charge is 0.303 e. The molecule has 5 heteroatoms. The van der Waals surface area contributed by atoms with Gasteiger partial charge < -0.3 is 4.90 Å². The zero-order valence-corrected chi connectivity index (χ0v) is 13.8. The van der Waals surface area contributed by atoms with E-state index in [1.54, 1.807) is 12.1 Å². The SMILES string of the molecule is Cc1ccc(S(=O)(=O)NCCCN2CCC[C@@H](C)C2)cc1. The lowest BCUT2D eigenvalue weighted by Crippen LogP contribution is -2.36. The van der Waals surface area contributed by atoms with Crippen LogP contribution in [0.5, 0.6) is 0 Å². The van der Waals surface area contributed by atoms with Crippen molar-refractivity contribution in [2.24, 2.45) is 5.92 Å². The normalized spacial score (nSPS) is 20.6. The minimum atomic E-state index is -3.36. The molecular weight excluding hydrogens is 284 g/mol. The third-order valence-corrected chi connectivity index (χ3v) is 5.49. The first-order valence-corrected chi connectivity index (χ1v) is 9.24. The number of sulfonamides is 1. The van der Waals surface area contributed by atoms with E-state index in [1.165, 1.54) is 12.8 Å². The Labute approximate surface area is 128 Å². The lowest BCUT2D eigenvalue weighted by Gasteiger charge is -2.30. The van der Waals surface area contributed by atoms with E-state index in [4.69, 9.17) is 0 Å². The standard InChI is InChI=1S/C16H26N2O2S/c1-14-6-8-16(9-7-14)21(19,20)17-10-4-12-18-11-3-5-15(2)13-18/h6-9,15,17H,3-5,10-13H2,1-2H3/t15-/m1/s1. The number of piperidine rings is 1. The summed E-state index contributed by atoms with van der Waals surface area (Å²) in [5.41, 5.74) is 1.06. The van der Waals surface area contributed by atoms with Gasteiger partial charge in [0.25, 0.3) is 0 Å². The lowest BCUT2D eigenvalue weighted by atomic mass is 10.0. The number of hydrogen-bond donors (Lipinski definition) is 1. The van der Waals surface area contributed by atoms with Crippen molar-refractivity contribution in [2.45, 2.75) is 38.0 Å². The summed E-state index contributed by atoms with van der Waals surface area (Å²) >= 11 is 0. The Hall–Kier alpha value is -0.910. The van der Waals surface area contributed by atoms with Crippen LogP contribution in [-0.4, -0.2) is 39.5 Å². The van der Waals surface area contributed by atoms with Crippen LogP contribution in [0.3, 0.4) is 0 Å². The Morgan fingerprint density at radius 3 is 2.67 bits per heavy atom. The molecule has 0 bridgehead atoms. The number of hydrogen-bond acceptors (Lipinski definition) is 3. The molecule has 0 unspecified atom stereocenters. The lowest BCUT2D eigenvalue weighted by molar-refractivity contribution is 0.182. The fourth-order valence-corrected chi connectivity index (χ4v) is 3.87. The van der Waals surface area contributed by atoms with E-state index in [0.29, 0.717) is 11.4 Å². The second-order valence-electron chi connectivity index (χ2n) is 6.11. The summed E-state index contributed by atoms with van der Waals surface area (Å²) < 4.78 is 26.9. The molecule has 1 heterocycles. The van der Waals surface area contributed by atoms with Crippen molar-refractivity contribution in [3.8, 4) is 0 Å². The minimum Gasteiger partial charge on any atom is -0.303 e. The molecule has 0 radical (unpaired) electrons. The molecule has 1 aliphatic rings. The van der Waals surface area contributed by atoms with Crippen LogP contribution in [0.1, 0.15) is 31.7 Å². The van der Waals surface area contributed by atoms with Crippen molar-refractivity contribution in [3.63, 3.8) is 0 Å². The first-order chi connectivity index (χ1) is 9.97. The molecule has 0 saturated carbocycles. The van der Waals surface area contributed by atoms with Crippen LogP contribution in [0.15, 0.2) is 29.2 Å². The molecule has 1 atom stereocenters. The van der Waals surface area contributed by atoms with E-state index in [1.807, 2.05) is 19.1 Å². The van der Waals surface area contributed by atoms with E-state index in [2.05, 4.69) is 16.5 Å². The van der Waals surface area contributed by atoms with Gasteiger partial charge in [-0.2, -0.15) is 0 Å². The Balaban J connectivity index is 1.76. The highest BCUT2D eigenvalue weighted by atomic mass is 32.2. The fraction of sp³-hybridized carbons (Fsp3) is 0.625. The van der Waals surface area contributed by atoms with E-state index < -0.39 is 10.0 Å². The molecule has 1 saturated heterocycles. The predicted octanol–water partition coefficient (Wildman–Crippen LogP) is 2.40. The highest BCUT2D eigenvalue weighted by Crippen LogP contribution is 2.15. The Kier molecular flexibility index (Phi) is 5.79. The van der Waals surface area contributed by atoms with Crippen molar-refractivity contribution in [2.75, 3.05) is 26.2 Å². The van der Waals surface area contributed by atoms with Crippen molar-refractivity contribution < 1.29 is 8.42 Å². The number of nitrogens with zero attached hydrogens (tertiary/aromatic N) is 1. The highest BCUT2D eigenvalue weighted by molar-refractivity contribution is 7.89. The molecule has 0 aromatic heterocycles. The van der Waals surface area contributed by atoms with Crippen LogP contribution in [0, 0.1) is 12.8 Å². The summed E-state index contributed by atoms with van der Waals surface area (Å²) in [7, 11) is -3.36. The van der Waals surface area contributed by atoms with Crippen LogP contribution in [0.2, 0.25) is 0 Å². The fourth-order valence-electron chi connectivity index (χ4n) is 2.80. The molecule has 0 spiro atoms. The number of rotatable bonds is 6. The quantitative estimate of drug-likeness (QED) is 0.821. The molecule has 1 fully saturated rings. The second-order valence-corrected chi connectivity index (χ2v) is 7.88. The molecule has 2 rings (SSSR count). The molecule has 118 valence electrons. The Bertz CT molecular complexity index is 540. The molecule has 1 N–H and O–H groups in total. The maximum absolute atomic E-state index is 12.1. The first-order valence-electron chi connectivity index (χ1n) is 7.76. The van der Waals surface area contributed by atoms with E-state index in [9.17, 15) is 8.42 Å². The van der Waals surface area contributed by atoms with Crippen molar-refractivity contribution >= 4 is 10.0 Å². The van der Waals surface area contributed by atoms with Gasteiger partial charge in [-0.05, 0) is 57.3 Å². The van der Waals surface area contributed by atoms with Gasteiger partial charge >= 0.3 is 0 Å².